The van der Waals surface area contributed by atoms with Crippen molar-refractivity contribution in [3.63, 3.8) is 0 Å². The van der Waals surface area contributed by atoms with Gasteiger partial charge in [-0.25, -0.2) is 8.42 Å². The van der Waals surface area contributed by atoms with Crippen molar-refractivity contribution in [1.82, 2.24) is 9.62 Å². The molecule has 0 aromatic heterocycles. The van der Waals surface area contributed by atoms with Crippen molar-refractivity contribution in [2.75, 3.05) is 19.7 Å². The normalized spacial score (nSPS) is 24.5. The van der Waals surface area contributed by atoms with Crippen LogP contribution in [0, 0.1) is 0 Å². The molecular weight excluding hydrogens is 352 g/mol. The molecule has 26 heavy (non-hydrogen) atoms. The first kappa shape index (κ1) is 19.3. The number of amides is 1. The van der Waals surface area contributed by atoms with E-state index in [-0.39, 0.29) is 22.9 Å². The predicted molar refractivity (Wildman–Crippen MR) is 99.6 cm³/mol. The Balaban J connectivity index is 1.73. The lowest BCUT2D eigenvalue weighted by Gasteiger charge is -2.34. The minimum absolute atomic E-state index is 0.0470. The Morgan fingerprint density at radius 2 is 2.12 bits per heavy atom. The number of piperidine rings is 1. The quantitative estimate of drug-likeness (QED) is 0.823. The molecule has 0 radical (unpaired) electrons. The number of rotatable bonds is 6. The summed E-state index contributed by atoms with van der Waals surface area (Å²) >= 11 is 0. The zero-order chi connectivity index (χ0) is 18.6. The number of carbonyl (C=O) groups excluding carboxylic acids is 1. The first-order chi connectivity index (χ1) is 12.5. The second kappa shape index (κ2) is 8.50. The molecule has 0 saturated carbocycles. The SMILES string of the molecule is CCC1CCCCN1S(=O)(=O)c1cccc(C(=O)NCC2CCCO2)c1. The van der Waals surface area contributed by atoms with Crippen molar-refractivity contribution in [2.45, 2.75) is 62.5 Å². The van der Waals surface area contributed by atoms with Gasteiger partial charge in [0.25, 0.3) is 5.91 Å². The number of hydrogen-bond donors (Lipinski definition) is 1. The Hall–Kier alpha value is -1.44. The van der Waals surface area contributed by atoms with Gasteiger partial charge in [0.1, 0.15) is 0 Å². The molecule has 1 N–H and O–H groups in total. The van der Waals surface area contributed by atoms with Gasteiger partial charge in [0.05, 0.1) is 11.0 Å². The number of nitrogens with zero attached hydrogens (tertiary/aromatic N) is 1. The van der Waals surface area contributed by atoms with Gasteiger partial charge >= 0.3 is 0 Å². The molecule has 0 bridgehead atoms. The van der Waals surface area contributed by atoms with Crippen LogP contribution in [0.4, 0.5) is 0 Å². The molecule has 1 aromatic rings. The molecule has 2 saturated heterocycles. The van der Waals surface area contributed by atoms with E-state index in [9.17, 15) is 13.2 Å². The molecule has 7 heteroatoms. The van der Waals surface area contributed by atoms with Crippen molar-refractivity contribution in [3.05, 3.63) is 29.8 Å². The van der Waals surface area contributed by atoms with E-state index in [1.165, 1.54) is 6.07 Å². The van der Waals surface area contributed by atoms with Crippen LogP contribution in [-0.4, -0.2) is 50.5 Å². The van der Waals surface area contributed by atoms with E-state index in [0.717, 1.165) is 45.1 Å². The Labute approximate surface area is 156 Å². The molecule has 3 rings (SSSR count). The molecule has 2 atom stereocenters. The van der Waals surface area contributed by atoms with Crippen LogP contribution in [0.1, 0.15) is 55.8 Å². The largest absolute Gasteiger partial charge is 0.376 e. The van der Waals surface area contributed by atoms with Gasteiger partial charge < -0.3 is 10.1 Å². The maximum atomic E-state index is 13.1. The molecule has 0 aliphatic carbocycles. The molecule has 2 unspecified atom stereocenters. The number of ether oxygens (including phenoxy) is 1. The summed E-state index contributed by atoms with van der Waals surface area (Å²) in [6, 6.07) is 6.40. The summed E-state index contributed by atoms with van der Waals surface area (Å²) in [5.41, 5.74) is 0.370. The van der Waals surface area contributed by atoms with Gasteiger partial charge in [0.15, 0.2) is 0 Å². The predicted octanol–water partition coefficient (Wildman–Crippen LogP) is 2.55. The number of sulfonamides is 1. The molecule has 2 fully saturated rings. The fourth-order valence-corrected chi connectivity index (χ4v) is 5.56. The van der Waals surface area contributed by atoms with E-state index in [1.807, 2.05) is 6.92 Å². The van der Waals surface area contributed by atoms with Gasteiger partial charge in [0, 0.05) is 31.3 Å². The van der Waals surface area contributed by atoms with Crippen molar-refractivity contribution in [2.24, 2.45) is 0 Å². The monoisotopic (exact) mass is 380 g/mol. The second-order valence-corrected chi connectivity index (χ2v) is 8.94. The minimum Gasteiger partial charge on any atom is -0.376 e. The summed E-state index contributed by atoms with van der Waals surface area (Å²) < 4.78 is 33.3. The van der Waals surface area contributed by atoms with E-state index in [4.69, 9.17) is 4.74 Å². The molecule has 0 spiro atoms. The first-order valence-electron chi connectivity index (χ1n) is 9.54. The molecule has 6 nitrogen and oxygen atoms in total. The molecular formula is C19H28N2O4S. The molecule has 2 aliphatic heterocycles. The van der Waals surface area contributed by atoms with Crippen molar-refractivity contribution in [3.8, 4) is 0 Å². The third kappa shape index (κ3) is 4.27. The van der Waals surface area contributed by atoms with Crippen molar-refractivity contribution < 1.29 is 17.9 Å². The summed E-state index contributed by atoms with van der Waals surface area (Å²) in [7, 11) is -3.58. The van der Waals surface area contributed by atoms with Crippen LogP contribution in [0.15, 0.2) is 29.2 Å². The average molecular weight is 381 g/mol. The van der Waals surface area contributed by atoms with Gasteiger partial charge in [-0.2, -0.15) is 4.31 Å². The zero-order valence-electron chi connectivity index (χ0n) is 15.3. The third-order valence-corrected chi connectivity index (χ3v) is 7.21. The second-order valence-electron chi connectivity index (χ2n) is 7.05. The van der Waals surface area contributed by atoms with Crippen molar-refractivity contribution >= 4 is 15.9 Å². The topological polar surface area (TPSA) is 75.7 Å². The van der Waals surface area contributed by atoms with E-state index >= 15 is 0 Å². The van der Waals surface area contributed by atoms with Crippen molar-refractivity contribution in [1.29, 1.82) is 0 Å². The Morgan fingerprint density at radius 3 is 2.85 bits per heavy atom. The maximum Gasteiger partial charge on any atom is 0.251 e. The van der Waals surface area contributed by atoms with E-state index < -0.39 is 10.0 Å². The van der Waals surface area contributed by atoms with Gasteiger partial charge in [-0.15, -0.1) is 0 Å². The molecule has 2 aliphatic rings. The summed E-state index contributed by atoms with van der Waals surface area (Å²) in [6.45, 7) is 3.77. The summed E-state index contributed by atoms with van der Waals surface area (Å²) in [4.78, 5) is 12.6. The van der Waals surface area contributed by atoms with Crippen LogP contribution in [0.2, 0.25) is 0 Å². The maximum absolute atomic E-state index is 13.1. The Morgan fingerprint density at radius 1 is 1.27 bits per heavy atom. The standard InChI is InChI=1S/C19H28N2O4S/c1-2-16-8-3-4-11-21(16)26(23,24)18-10-5-7-15(13-18)19(22)20-14-17-9-6-12-25-17/h5,7,10,13,16-17H,2-4,6,8-9,11-12,14H2,1H3,(H,20,22). The number of nitrogens with one attached hydrogen (secondary N) is 1. The summed E-state index contributed by atoms with van der Waals surface area (Å²) in [5, 5.41) is 2.85. The van der Waals surface area contributed by atoms with E-state index in [1.54, 1.807) is 22.5 Å². The summed E-state index contributed by atoms with van der Waals surface area (Å²) in [6.07, 6.45) is 5.68. The van der Waals surface area contributed by atoms with Crippen LogP contribution in [0.3, 0.4) is 0 Å². The molecule has 2 heterocycles. The van der Waals surface area contributed by atoms with Crippen LogP contribution in [0.25, 0.3) is 0 Å². The zero-order valence-corrected chi connectivity index (χ0v) is 16.1. The van der Waals surface area contributed by atoms with Crippen LogP contribution >= 0.6 is 0 Å². The highest BCUT2D eigenvalue weighted by Gasteiger charge is 2.32. The van der Waals surface area contributed by atoms with Gasteiger partial charge in [-0.1, -0.05) is 19.4 Å². The van der Waals surface area contributed by atoms with E-state index in [0.29, 0.717) is 18.7 Å². The van der Waals surface area contributed by atoms with Crippen LogP contribution in [0.5, 0.6) is 0 Å². The third-order valence-electron chi connectivity index (χ3n) is 5.26. The highest BCUT2D eigenvalue weighted by atomic mass is 32.2. The highest BCUT2D eigenvalue weighted by molar-refractivity contribution is 7.89. The minimum atomic E-state index is -3.58. The first-order valence-corrected chi connectivity index (χ1v) is 11.0. The van der Waals surface area contributed by atoms with Crippen LogP contribution in [-0.2, 0) is 14.8 Å². The van der Waals surface area contributed by atoms with Gasteiger partial charge in [-0.3, -0.25) is 4.79 Å². The number of hydrogen-bond acceptors (Lipinski definition) is 4. The lowest BCUT2D eigenvalue weighted by atomic mass is 10.0. The lowest BCUT2D eigenvalue weighted by molar-refractivity contribution is 0.0857. The Kier molecular flexibility index (Phi) is 6.32. The van der Waals surface area contributed by atoms with Gasteiger partial charge in [0.2, 0.25) is 10.0 Å². The molecule has 1 aromatic carbocycles. The Bertz CT molecular complexity index is 729. The highest BCUT2D eigenvalue weighted by Crippen LogP contribution is 2.27. The number of benzene rings is 1. The average Bonchev–Trinajstić information content (AvgIpc) is 3.19. The smallest absolute Gasteiger partial charge is 0.251 e. The van der Waals surface area contributed by atoms with E-state index in [2.05, 4.69) is 5.32 Å². The van der Waals surface area contributed by atoms with Gasteiger partial charge in [-0.05, 0) is 50.3 Å². The number of carbonyl (C=O) groups is 1. The van der Waals surface area contributed by atoms with Crippen LogP contribution < -0.4 is 5.32 Å². The fourth-order valence-electron chi connectivity index (χ4n) is 3.75. The molecule has 144 valence electrons. The lowest BCUT2D eigenvalue weighted by Crippen LogP contribution is -2.43. The molecule has 1 amide bonds. The summed E-state index contributed by atoms with van der Waals surface area (Å²) in [5.74, 6) is -0.261. The fraction of sp³-hybridized carbons (Fsp3) is 0.632.